The number of carbonyl (C=O) groups is 2. The lowest BCUT2D eigenvalue weighted by molar-refractivity contribution is -0.145. The number of ether oxygens (including phenoxy) is 1. The van der Waals surface area contributed by atoms with Gasteiger partial charge in [0.2, 0.25) is 0 Å². The zero-order valence-corrected chi connectivity index (χ0v) is 9.66. The van der Waals surface area contributed by atoms with Crippen molar-refractivity contribution in [2.75, 3.05) is 6.61 Å². The predicted molar refractivity (Wildman–Crippen MR) is 56.3 cm³/mol. The van der Waals surface area contributed by atoms with Gasteiger partial charge in [-0.25, -0.2) is 4.79 Å². The maximum absolute atomic E-state index is 11.3. The Balaban J connectivity index is 2.47. The summed E-state index contributed by atoms with van der Waals surface area (Å²) in [6, 6.07) is -0.489. The highest BCUT2D eigenvalue weighted by Crippen LogP contribution is 2.45. The van der Waals surface area contributed by atoms with E-state index in [2.05, 4.69) is 5.32 Å². The fraction of sp³-hybridized carbons (Fsp3) is 0.800. The quantitative estimate of drug-likeness (QED) is 0.673. The molecule has 1 rings (SSSR count). The van der Waals surface area contributed by atoms with Crippen LogP contribution in [0.1, 0.15) is 27.2 Å². The molecule has 0 aromatic carbocycles. The van der Waals surface area contributed by atoms with Crippen molar-refractivity contribution in [3.05, 3.63) is 0 Å². The van der Waals surface area contributed by atoms with E-state index < -0.39 is 29.1 Å². The molecule has 1 amide bonds. The van der Waals surface area contributed by atoms with Crippen LogP contribution >= 0.6 is 0 Å². The molecule has 0 aromatic heterocycles. The van der Waals surface area contributed by atoms with Crippen LogP contribution in [-0.4, -0.2) is 40.5 Å². The second-order valence-electron chi connectivity index (χ2n) is 5.04. The summed E-state index contributed by atoms with van der Waals surface area (Å²) in [5.74, 6) is -1.04. The van der Waals surface area contributed by atoms with E-state index in [0.717, 1.165) is 0 Å². The van der Waals surface area contributed by atoms with Crippen molar-refractivity contribution in [3.8, 4) is 0 Å². The summed E-state index contributed by atoms with van der Waals surface area (Å²) in [7, 11) is 0. The first-order valence-corrected chi connectivity index (χ1v) is 5.09. The maximum atomic E-state index is 11.3. The van der Waals surface area contributed by atoms with Crippen molar-refractivity contribution in [1.29, 1.82) is 0 Å². The minimum atomic E-state index is -1.11. The lowest BCUT2D eigenvalue weighted by Gasteiger charge is -2.20. The SMILES string of the molecule is CC(C)(C)OC(=O)NC1CC1(C[OH2+])C(=O)O. The molecule has 6 nitrogen and oxygen atoms in total. The van der Waals surface area contributed by atoms with Gasteiger partial charge in [0.25, 0.3) is 0 Å². The number of nitrogens with one attached hydrogen (secondary N) is 1. The van der Waals surface area contributed by atoms with Crippen molar-refractivity contribution in [2.24, 2.45) is 5.41 Å². The summed E-state index contributed by atoms with van der Waals surface area (Å²) in [6.45, 7) is 4.96. The molecule has 1 fully saturated rings. The van der Waals surface area contributed by atoms with E-state index in [0.29, 0.717) is 6.42 Å². The van der Waals surface area contributed by atoms with Gasteiger partial charge < -0.3 is 20.3 Å². The Kier molecular flexibility index (Phi) is 3.14. The summed E-state index contributed by atoms with van der Waals surface area (Å²) in [4.78, 5) is 22.2. The normalized spacial score (nSPS) is 28.4. The number of carbonyl (C=O) groups excluding carboxylic acids is 1. The highest BCUT2D eigenvalue weighted by Gasteiger charge is 2.64. The topological polar surface area (TPSA) is 98.5 Å². The summed E-state index contributed by atoms with van der Waals surface area (Å²) >= 11 is 0. The Morgan fingerprint density at radius 3 is 2.44 bits per heavy atom. The molecule has 1 saturated carbocycles. The first-order valence-electron chi connectivity index (χ1n) is 5.09. The highest BCUT2D eigenvalue weighted by molar-refractivity contribution is 5.82. The Morgan fingerprint density at radius 1 is 1.56 bits per heavy atom. The van der Waals surface area contributed by atoms with Crippen molar-refractivity contribution >= 4 is 12.1 Å². The number of aliphatic carboxylic acids is 1. The molecule has 0 aromatic rings. The van der Waals surface area contributed by atoms with Crippen molar-refractivity contribution in [3.63, 3.8) is 0 Å². The third-order valence-corrected chi connectivity index (χ3v) is 2.51. The standard InChI is InChI=1S/C10H17NO5/c1-9(2,3)16-8(15)11-6-4-10(6,5-12)7(13)14/h6,12H,4-5H2,1-3H3,(H,11,15)(H,13,14)/p+1. The number of carboxylic acids is 1. The smallest absolute Gasteiger partial charge is 0.407 e. The summed E-state index contributed by atoms with van der Waals surface area (Å²) in [5, 5.41) is 18.6. The number of amides is 1. The number of carboxylic acid groups (broad SMARTS) is 1. The maximum Gasteiger partial charge on any atom is 0.407 e. The molecular formula is C10H18NO5+. The fourth-order valence-corrected chi connectivity index (χ4v) is 1.45. The molecule has 0 bridgehead atoms. The van der Waals surface area contributed by atoms with Gasteiger partial charge in [0.05, 0.1) is 6.04 Å². The van der Waals surface area contributed by atoms with Crippen LogP contribution in [0.5, 0.6) is 0 Å². The van der Waals surface area contributed by atoms with Crippen molar-refractivity contribution in [1.82, 2.24) is 5.32 Å². The van der Waals surface area contributed by atoms with Crippen LogP contribution in [0.3, 0.4) is 0 Å². The van der Waals surface area contributed by atoms with E-state index in [-0.39, 0.29) is 6.61 Å². The summed E-state index contributed by atoms with van der Waals surface area (Å²) < 4.78 is 5.00. The minimum absolute atomic E-state index is 0.233. The molecule has 2 atom stereocenters. The van der Waals surface area contributed by atoms with Crippen LogP contribution in [0.15, 0.2) is 0 Å². The van der Waals surface area contributed by atoms with E-state index >= 15 is 0 Å². The molecule has 0 aliphatic heterocycles. The number of hydrogen-bond donors (Lipinski definition) is 2. The zero-order valence-electron chi connectivity index (χ0n) is 9.66. The molecular weight excluding hydrogens is 214 g/mol. The Labute approximate surface area is 93.6 Å². The molecule has 2 unspecified atom stereocenters. The van der Waals surface area contributed by atoms with E-state index in [1.54, 1.807) is 20.8 Å². The lowest BCUT2D eigenvalue weighted by Crippen LogP contribution is -2.38. The van der Waals surface area contributed by atoms with E-state index in [4.69, 9.17) is 14.9 Å². The second kappa shape index (κ2) is 3.93. The number of rotatable bonds is 3. The third kappa shape index (κ3) is 2.63. The van der Waals surface area contributed by atoms with Gasteiger partial charge in [0.1, 0.15) is 5.60 Å². The van der Waals surface area contributed by atoms with E-state index in [9.17, 15) is 9.59 Å². The molecule has 0 spiro atoms. The van der Waals surface area contributed by atoms with Gasteiger partial charge >= 0.3 is 12.1 Å². The van der Waals surface area contributed by atoms with E-state index in [1.165, 1.54) is 0 Å². The molecule has 1 aliphatic rings. The molecule has 0 saturated heterocycles. The first-order chi connectivity index (χ1) is 7.21. The molecule has 16 heavy (non-hydrogen) atoms. The Hall–Kier alpha value is -1.30. The van der Waals surface area contributed by atoms with Gasteiger partial charge in [0, 0.05) is 0 Å². The van der Waals surface area contributed by atoms with Crippen LogP contribution < -0.4 is 5.32 Å². The molecule has 1 aliphatic carbocycles. The Morgan fingerprint density at radius 2 is 2.12 bits per heavy atom. The Bertz CT molecular complexity index is 309. The molecule has 6 heteroatoms. The molecule has 0 radical (unpaired) electrons. The van der Waals surface area contributed by atoms with Gasteiger partial charge in [0.15, 0.2) is 12.0 Å². The van der Waals surface area contributed by atoms with Crippen LogP contribution in [0.4, 0.5) is 4.79 Å². The van der Waals surface area contributed by atoms with Crippen molar-refractivity contribution < 1.29 is 24.5 Å². The second-order valence-corrected chi connectivity index (χ2v) is 5.04. The third-order valence-electron chi connectivity index (χ3n) is 2.51. The van der Waals surface area contributed by atoms with Crippen LogP contribution in [0.25, 0.3) is 0 Å². The molecule has 4 N–H and O–H groups in total. The summed E-state index contributed by atoms with van der Waals surface area (Å²) in [5.41, 5.74) is -1.72. The molecule has 92 valence electrons. The van der Waals surface area contributed by atoms with Gasteiger partial charge in [-0.05, 0) is 27.2 Å². The van der Waals surface area contributed by atoms with E-state index in [1.807, 2.05) is 0 Å². The summed E-state index contributed by atoms with van der Waals surface area (Å²) in [6.07, 6.45) is -0.334. The largest absolute Gasteiger partial charge is 0.481 e. The lowest BCUT2D eigenvalue weighted by atomic mass is 10.1. The molecule has 0 heterocycles. The average Bonchev–Trinajstić information content (AvgIpc) is 2.75. The minimum Gasteiger partial charge on any atom is -0.481 e. The monoisotopic (exact) mass is 232 g/mol. The van der Waals surface area contributed by atoms with Gasteiger partial charge in [-0.3, -0.25) is 4.79 Å². The van der Waals surface area contributed by atoms with Gasteiger partial charge in [-0.15, -0.1) is 0 Å². The van der Waals surface area contributed by atoms with Crippen LogP contribution in [0, 0.1) is 5.41 Å². The number of alkyl carbamates (subject to hydrolysis) is 1. The van der Waals surface area contributed by atoms with Crippen LogP contribution in [0.2, 0.25) is 0 Å². The highest BCUT2D eigenvalue weighted by atomic mass is 16.6. The number of hydrogen-bond acceptors (Lipinski definition) is 3. The van der Waals surface area contributed by atoms with Crippen LogP contribution in [-0.2, 0) is 9.53 Å². The van der Waals surface area contributed by atoms with Gasteiger partial charge in [-0.1, -0.05) is 0 Å². The van der Waals surface area contributed by atoms with Crippen molar-refractivity contribution in [2.45, 2.75) is 38.8 Å². The van der Waals surface area contributed by atoms with Gasteiger partial charge in [-0.2, -0.15) is 0 Å². The zero-order chi connectivity index (χ0) is 12.6. The predicted octanol–water partition coefficient (Wildman–Crippen LogP) is 0.0790. The fourth-order valence-electron chi connectivity index (χ4n) is 1.45. The average molecular weight is 232 g/mol. The first kappa shape index (κ1) is 12.8.